The van der Waals surface area contributed by atoms with Gasteiger partial charge in [0.1, 0.15) is 6.07 Å². The van der Waals surface area contributed by atoms with E-state index in [2.05, 4.69) is 5.32 Å². The highest BCUT2D eigenvalue weighted by atomic mass is 35.5. The van der Waals surface area contributed by atoms with Crippen LogP contribution in [-0.4, -0.2) is 5.91 Å². The summed E-state index contributed by atoms with van der Waals surface area (Å²) >= 11 is 5.99. The van der Waals surface area contributed by atoms with Crippen molar-refractivity contribution < 1.29 is 4.79 Å². The molecular weight excluding hydrogens is 260 g/mol. The summed E-state index contributed by atoms with van der Waals surface area (Å²) in [5.41, 5.74) is 2.14. The average Bonchev–Trinajstić information content (AvgIpc) is 2.42. The summed E-state index contributed by atoms with van der Waals surface area (Å²) in [6.07, 6.45) is 0. The molecule has 19 heavy (non-hydrogen) atoms. The van der Waals surface area contributed by atoms with Crippen LogP contribution in [0.25, 0.3) is 0 Å². The lowest BCUT2D eigenvalue weighted by Crippen LogP contribution is -2.14. The van der Waals surface area contributed by atoms with Gasteiger partial charge in [0, 0.05) is 10.6 Å². The summed E-state index contributed by atoms with van der Waals surface area (Å²) in [6, 6.07) is 14.1. The van der Waals surface area contributed by atoms with E-state index in [1.165, 1.54) is 0 Å². The maximum Gasteiger partial charge on any atom is 0.256 e. The quantitative estimate of drug-likeness (QED) is 0.903. The molecule has 2 aromatic carbocycles. The maximum absolute atomic E-state index is 12.2. The number of nitrogens with zero attached hydrogens (tertiary/aromatic N) is 1. The average molecular weight is 271 g/mol. The molecule has 0 saturated carbocycles. The molecule has 0 spiro atoms. The second kappa shape index (κ2) is 5.55. The zero-order valence-corrected chi connectivity index (χ0v) is 11.0. The van der Waals surface area contributed by atoms with Crippen LogP contribution in [0.2, 0.25) is 5.02 Å². The first kappa shape index (κ1) is 13.1. The number of nitriles is 1. The second-order valence-electron chi connectivity index (χ2n) is 4.02. The van der Waals surface area contributed by atoms with Crippen molar-refractivity contribution in [2.24, 2.45) is 0 Å². The van der Waals surface area contributed by atoms with Crippen LogP contribution in [0.1, 0.15) is 21.5 Å². The first-order valence-electron chi connectivity index (χ1n) is 5.69. The smallest absolute Gasteiger partial charge is 0.256 e. The van der Waals surface area contributed by atoms with Gasteiger partial charge < -0.3 is 5.32 Å². The van der Waals surface area contributed by atoms with Crippen molar-refractivity contribution >= 4 is 23.2 Å². The Balaban J connectivity index is 2.32. The molecule has 1 amide bonds. The number of amides is 1. The molecule has 3 nitrogen and oxygen atoms in total. The molecule has 0 fully saturated rings. The standard InChI is InChI=1S/C15H11ClN2O/c1-10-12(6-4-7-13(10)16)15(19)18-14-8-3-2-5-11(14)9-17/h2-8H,1H3,(H,18,19). The minimum absolute atomic E-state index is 0.275. The molecule has 1 N–H and O–H groups in total. The van der Waals surface area contributed by atoms with Crippen molar-refractivity contribution in [3.8, 4) is 6.07 Å². The molecule has 0 saturated heterocycles. The first-order valence-corrected chi connectivity index (χ1v) is 6.07. The minimum Gasteiger partial charge on any atom is -0.321 e. The first-order chi connectivity index (χ1) is 9.13. The third-order valence-electron chi connectivity index (χ3n) is 2.81. The third kappa shape index (κ3) is 2.75. The van der Waals surface area contributed by atoms with Crippen molar-refractivity contribution in [2.75, 3.05) is 5.32 Å². The van der Waals surface area contributed by atoms with Crippen molar-refractivity contribution in [2.45, 2.75) is 6.92 Å². The lowest BCUT2D eigenvalue weighted by atomic mass is 10.1. The molecule has 2 aromatic rings. The van der Waals surface area contributed by atoms with Crippen molar-refractivity contribution in [3.05, 3.63) is 64.2 Å². The van der Waals surface area contributed by atoms with Crippen LogP contribution in [0, 0.1) is 18.3 Å². The van der Waals surface area contributed by atoms with Gasteiger partial charge in [-0.1, -0.05) is 29.8 Å². The molecule has 0 unspecified atom stereocenters. The van der Waals surface area contributed by atoms with Crippen molar-refractivity contribution in [3.63, 3.8) is 0 Å². The predicted octanol–water partition coefficient (Wildman–Crippen LogP) is 3.77. The molecule has 0 atom stereocenters. The van der Waals surface area contributed by atoms with Gasteiger partial charge in [0.25, 0.3) is 5.91 Å². The monoisotopic (exact) mass is 270 g/mol. The Morgan fingerprint density at radius 2 is 1.95 bits per heavy atom. The SMILES string of the molecule is Cc1c(Cl)cccc1C(=O)Nc1ccccc1C#N. The molecule has 0 aliphatic carbocycles. The Kier molecular flexibility index (Phi) is 3.84. The van der Waals surface area contributed by atoms with Crippen molar-refractivity contribution in [1.29, 1.82) is 5.26 Å². The van der Waals surface area contributed by atoms with E-state index in [1.54, 1.807) is 49.4 Å². The summed E-state index contributed by atoms with van der Waals surface area (Å²) in [6.45, 7) is 1.79. The van der Waals surface area contributed by atoms with E-state index in [0.29, 0.717) is 21.8 Å². The number of para-hydroxylation sites is 1. The summed E-state index contributed by atoms with van der Waals surface area (Å²) < 4.78 is 0. The van der Waals surface area contributed by atoms with Crippen LogP contribution >= 0.6 is 11.6 Å². The molecule has 0 bridgehead atoms. The molecule has 0 aliphatic heterocycles. The number of benzene rings is 2. The summed E-state index contributed by atoms with van der Waals surface area (Å²) in [7, 11) is 0. The lowest BCUT2D eigenvalue weighted by Gasteiger charge is -2.09. The molecule has 94 valence electrons. The van der Waals surface area contributed by atoms with Gasteiger partial charge in [-0.3, -0.25) is 4.79 Å². The highest BCUT2D eigenvalue weighted by molar-refractivity contribution is 6.32. The van der Waals surface area contributed by atoms with Gasteiger partial charge >= 0.3 is 0 Å². The number of hydrogen-bond acceptors (Lipinski definition) is 2. The number of halogens is 1. The maximum atomic E-state index is 12.2. The number of anilines is 1. The Morgan fingerprint density at radius 1 is 1.21 bits per heavy atom. The highest BCUT2D eigenvalue weighted by Gasteiger charge is 2.12. The van der Waals surface area contributed by atoms with E-state index < -0.39 is 0 Å². The van der Waals surface area contributed by atoms with E-state index in [4.69, 9.17) is 16.9 Å². The Hall–Kier alpha value is -2.31. The zero-order valence-electron chi connectivity index (χ0n) is 10.3. The molecule has 0 aromatic heterocycles. The van der Waals surface area contributed by atoms with E-state index in [0.717, 1.165) is 5.56 Å². The van der Waals surface area contributed by atoms with Crippen LogP contribution in [0.5, 0.6) is 0 Å². The second-order valence-corrected chi connectivity index (χ2v) is 4.43. The Bertz CT molecular complexity index is 674. The molecule has 0 radical (unpaired) electrons. The number of rotatable bonds is 2. The summed E-state index contributed by atoms with van der Waals surface area (Å²) in [5.74, 6) is -0.275. The van der Waals surface area contributed by atoms with Gasteiger partial charge in [-0.15, -0.1) is 0 Å². The van der Waals surface area contributed by atoms with E-state index in [9.17, 15) is 4.79 Å². The third-order valence-corrected chi connectivity index (χ3v) is 3.22. The molecule has 0 aliphatic rings. The topological polar surface area (TPSA) is 52.9 Å². The number of nitrogens with one attached hydrogen (secondary N) is 1. The van der Waals surface area contributed by atoms with Crippen LogP contribution in [0.3, 0.4) is 0 Å². The number of carbonyl (C=O) groups excluding carboxylic acids is 1. The number of carbonyl (C=O) groups is 1. The van der Waals surface area contributed by atoms with E-state index >= 15 is 0 Å². The normalized spacial score (nSPS) is 9.74. The zero-order chi connectivity index (χ0) is 13.8. The van der Waals surface area contributed by atoms with E-state index in [1.807, 2.05) is 6.07 Å². The van der Waals surface area contributed by atoms with Crippen LogP contribution < -0.4 is 5.32 Å². The van der Waals surface area contributed by atoms with Gasteiger partial charge in [0.05, 0.1) is 11.3 Å². The fourth-order valence-electron chi connectivity index (χ4n) is 1.73. The minimum atomic E-state index is -0.275. The fourth-order valence-corrected chi connectivity index (χ4v) is 1.91. The lowest BCUT2D eigenvalue weighted by molar-refractivity contribution is 0.102. The largest absolute Gasteiger partial charge is 0.321 e. The Morgan fingerprint density at radius 3 is 2.68 bits per heavy atom. The molecular formula is C15H11ClN2O. The predicted molar refractivity (Wildman–Crippen MR) is 75.3 cm³/mol. The van der Waals surface area contributed by atoms with Crippen molar-refractivity contribution in [1.82, 2.24) is 0 Å². The highest BCUT2D eigenvalue weighted by Crippen LogP contribution is 2.21. The van der Waals surface area contributed by atoms with Crippen LogP contribution in [0.15, 0.2) is 42.5 Å². The summed E-state index contributed by atoms with van der Waals surface area (Å²) in [4.78, 5) is 12.2. The van der Waals surface area contributed by atoms with Gasteiger partial charge in [-0.25, -0.2) is 0 Å². The molecule has 0 heterocycles. The summed E-state index contributed by atoms with van der Waals surface area (Å²) in [5, 5.41) is 12.2. The Labute approximate surface area is 116 Å². The van der Waals surface area contributed by atoms with Gasteiger partial charge in [0.15, 0.2) is 0 Å². The molecule has 2 rings (SSSR count). The van der Waals surface area contributed by atoms with E-state index in [-0.39, 0.29) is 5.91 Å². The van der Waals surface area contributed by atoms with Gasteiger partial charge in [0.2, 0.25) is 0 Å². The van der Waals surface area contributed by atoms with Crippen LogP contribution in [0.4, 0.5) is 5.69 Å². The van der Waals surface area contributed by atoms with Gasteiger partial charge in [-0.2, -0.15) is 5.26 Å². The van der Waals surface area contributed by atoms with Crippen LogP contribution in [-0.2, 0) is 0 Å². The van der Waals surface area contributed by atoms with Gasteiger partial charge in [-0.05, 0) is 36.8 Å². The fraction of sp³-hybridized carbons (Fsp3) is 0.0667. The number of hydrogen-bond donors (Lipinski definition) is 1. The molecule has 4 heteroatoms.